The molecule has 1 aliphatic carbocycles. The molecule has 1 N–H and O–H groups in total. The van der Waals surface area contributed by atoms with E-state index in [-0.39, 0.29) is 18.3 Å². The number of carbonyl (C=O) groups is 1. The number of nitrogens with zero attached hydrogens (tertiary/aromatic N) is 2. The van der Waals surface area contributed by atoms with E-state index in [4.69, 9.17) is 0 Å². The van der Waals surface area contributed by atoms with Crippen molar-refractivity contribution >= 4 is 16.2 Å². The molecule has 1 saturated carbocycles. The Kier molecular flexibility index (Phi) is 5.15. The maximum Gasteiger partial charge on any atom is 0.356 e. The lowest BCUT2D eigenvalue weighted by Crippen LogP contribution is -2.43. The Morgan fingerprint density at radius 2 is 2.18 bits per heavy atom. The van der Waals surface area contributed by atoms with Crippen molar-refractivity contribution in [3.8, 4) is 0 Å². The minimum absolute atomic E-state index is 0.00248. The van der Waals surface area contributed by atoms with Crippen LogP contribution in [0.2, 0.25) is 0 Å². The molecule has 0 spiro atoms. The van der Waals surface area contributed by atoms with Crippen molar-refractivity contribution < 1.29 is 17.9 Å². The van der Waals surface area contributed by atoms with E-state index in [1.807, 2.05) is 6.92 Å². The summed E-state index contributed by atoms with van der Waals surface area (Å²) in [5.74, 6) is -0.0623. The predicted molar refractivity (Wildman–Crippen MR) is 81.3 cm³/mol. The molecule has 7 nitrogen and oxygen atoms in total. The first kappa shape index (κ1) is 16.9. The van der Waals surface area contributed by atoms with Gasteiger partial charge in [0.15, 0.2) is 0 Å². The number of rotatable bonds is 7. The molecule has 22 heavy (non-hydrogen) atoms. The second-order valence-electron chi connectivity index (χ2n) is 5.46. The molecule has 1 aromatic heterocycles. The fourth-order valence-electron chi connectivity index (χ4n) is 2.13. The minimum Gasteiger partial charge on any atom is -0.464 e. The monoisotopic (exact) mass is 327 g/mol. The Labute approximate surface area is 130 Å². The number of hydrogen-bond donors (Lipinski definition) is 1. The van der Waals surface area contributed by atoms with Crippen molar-refractivity contribution in [2.75, 3.05) is 14.2 Å². The van der Waals surface area contributed by atoms with Crippen molar-refractivity contribution in [2.24, 2.45) is 5.92 Å². The van der Waals surface area contributed by atoms with E-state index in [0.29, 0.717) is 11.5 Å². The minimum atomic E-state index is -3.53. The summed E-state index contributed by atoms with van der Waals surface area (Å²) in [5.41, 5.74) is 0.859. The normalized spacial score (nSPS) is 16.5. The van der Waals surface area contributed by atoms with E-state index in [1.165, 1.54) is 23.7 Å². The molecule has 0 aromatic carbocycles. The average Bonchev–Trinajstić information content (AvgIpc) is 3.36. The van der Waals surface area contributed by atoms with E-state index >= 15 is 0 Å². The van der Waals surface area contributed by atoms with Gasteiger partial charge in [-0.2, -0.15) is 17.4 Å². The number of ether oxygens (including phenoxy) is 1. The van der Waals surface area contributed by atoms with Crippen LogP contribution in [-0.2, 0) is 21.5 Å². The third-order valence-electron chi connectivity index (χ3n) is 3.93. The second-order valence-corrected chi connectivity index (χ2v) is 7.28. The number of aromatic nitrogens is 1. The van der Waals surface area contributed by atoms with Gasteiger partial charge in [0.2, 0.25) is 0 Å². The van der Waals surface area contributed by atoms with Crippen LogP contribution in [0.25, 0.3) is 0 Å². The summed E-state index contributed by atoms with van der Waals surface area (Å²) in [5, 5.41) is 0. The molecule has 2 rings (SSSR count). The molecular weight excluding hydrogens is 306 g/mol. The molecule has 0 radical (unpaired) electrons. The van der Waals surface area contributed by atoms with Gasteiger partial charge >= 0.3 is 5.97 Å². The lowest BCUT2D eigenvalue weighted by Gasteiger charge is -2.24. The Bertz CT molecular complexity index is 626. The molecule has 0 unspecified atom stereocenters. The lowest BCUT2D eigenvalue weighted by molar-refractivity contribution is 0.0594. The Hall–Kier alpha value is -1.51. The highest BCUT2D eigenvalue weighted by molar-refractivity contribution is 7.87. The van der Waals surface area contributed by atoms with Crippen LogP contribution in [0, 0.1) is 5.92 Å². The smallest absolute Gasteiger partial charge is 0.356 e. The van der Waals surface area contributed by atoms with Gasteiger partial charge in [-0.05, 0) is 37.3 Å². The lowest BCUT2D eigenvalue weighted by atomic mass is 10.2. The SMILES string of the molecule is COC(=O)c1ccc(CNS(=O)(=O)N(C)[C@@H](C)C2CC2)cn1. The number of methoxy groups -OCH3 is 1. The van der Waals surface area contributed by atoms with Gasteiger partial charge in [-0.25, -0.2) is 9.78 Å². The molecule has 0 aliphatic heterocycles. The van der Waals surface area contributed by atoms with Crippen LogP contribution in [0.3, 0.4) is 0 Å². The van der Waals surface area contributed by atoms with Gasteiger partial charge in [0.05, 0.1) is 7.11 Å². The summed E-state index contributed by atoms with van der Waals surface area (Å²) in [4.78, 5) is 15.2. The Morgan fingerprint density at radius 1 is 1.50 bits per heavy atom. The van der Waals surface area contributed by atoms with Crippen molar-refractivity contribution in [1.29, 1.82) is 0 Å². The molecule has 1 aromatic rings. The van der Waals surface area contributed by atoms with E-state index in [9.17, 15) is 13.2 Å². The fourth-order valence-corrected chi connectivity index (χ4v) is 3.29. The molecule has 1 heterocycles. The maximum absolute atomic E-state index is 12.2. The molecule has 0 amide bonds. The molecule has 0 saturated heterocycles. The highest BCUT2D eigenvalue weighted by Crippen LogP contribution is 2.35. The number of nitrogens with one attached hydrogen (secondary N) is 1. The zero-order chi connectivity index (χ0) is 16.3. The number of esters is 1. The Morgan fingerprint density at radius 3 is 2.68 bits per heavy atom. The van der Waals surface area contributed by atoms with Gasteiger partial charge in [-0.15, -0.1) is 0 Å². The summed E-state index contributed by atoms with van der Waals surface area (Å²) < 4.78 is 32.9. The molecule has 122 valence electrons. The van der Waals surface area contributed by atoms with Crippen LogP contribution in [-0.4, -0.2) is 43.9 Å². The van der Waals surface area contributed by atoms with Crippen molar-refractivity contribution in [1.82, 2.24) is 14.0 Å². The van der Waals surface area contributed by atoms with E-state index in [1.54, 1.807) is 13.1 Å². The second kappa shape index (κ2) is 6.72. The maximum atomic E-state index is 12.2. The third-order valence-corrected chi connectivity index (χ3v) is 5.53. The molecule has 0 bridgehead atoms. The molecular formula is C14H21N3O4S. The van der Waals surface area contributed by atoms with Crippen LogP contribution in [0.1, 0.15) is 35.8 Å². The van der Waals surface area contributed by atoms with Crippen LogP contribution in [0.5, 0.6) is 0 Å². The van der Waals surface area contributed by atoms with Gasteiger partial charge in [0.25, 0.3) is 10.2 Å². The summed E-state index contributed by atoms with van der Waals surface area (Å²) in [6.07, 6.45) is 3.62. The molecule has 1 atom stereocenters. The highest BCUT2D eigenvalue weighted by Gasteiger charge is 2.35. The molecule has 1 fully saturated rings. The Balaban J connectivity index is 1.95. The number of hydrogen-bond acceptors (Lipinski definition) is 5. The number of carbonyl (C=O) groups excluding carboxylic acids is 1. The van der Waals surface area contributed by atoms with Gasteiger partial charge in [0.1, 0.15) is 5.69 Å². The van der Waals surface area contributed by atoms with Crippen molar-refractivity contribution in [3.63, 3.8) is 0 Å². The van der Waals surface area contributed by atoms with Gasteiger partial charge in [-0.1, -0.05) is 6.07 Å². The summed E-state index contributed by atoms with van der Waals surface area (Å²) in [6, 6.07) is 3.15. The summed E-state index contributed by atoms with van der Waals surface area (Å²) in [7, 11) is -0.662. The molecule has 8 heteroatoms. The first-order valence-corrected chi connectivity index (χ1v) is 8.55. The van der Waals surface area contributed by atoms with Crippen LogP contribution in [0.15, 0.2) is 18.3 Å². The van der Waals surface area contributed by atoms with Crippen molar-refractivity contribution in [3.05, 3.63) is 29.6 Å². The first-order valence-electron chi connectivity index (χ1n) is 7.11. The third kappa shape index (κ3) is 4.02. The fraction of sp³-hybridized carbons (Fsp3) is 0.571. The van der Waals surface area contributed by atoms with Crippen LogP contribution >= 0.6 is 0 Å². The predicted octanol–water partition coefficient (Wildman–Crippen LogP) is 0.933. The van der Waals surface area contributed by atoms with Gasteiger partial charge in [-0.3, -0.25) is 0 Å². The van der Waals surface area contributed by atoms with Crippen molar-refractivity contribution in [2.45, 2.75) is 32.4 Å². The van der Waals surface area contributed by atoms with E-state index in [0.717, 1.165) is 12.8 Å². The zero-order valence-corrected chi connectivity index (χ0v) is 13.8. The quantitative estimate of drug-likeness (QED) is 0.753. The topological polar surface area (TPSA) is 88.6 Å². The van der Waals surface area contributed by atoms with Gasteiger partial charge in [0, 0.05) is 25.8 Å². The zero-order valence-electron chi connectivity index (χ0n) is 12.9. The largest absolute Gasteiger partial charge is 0.464 e. The van der Waals surface area contributed by atoms with E-state index < -0.39 is 16.2 Å². The molecule has 1 aliphatic rings. The van der Waals surface area contributed by atoms with Gasteiger partial charge < -0.3 is 4.74 Å². The summed E-state index contributed by atoms with van der Waals surface area (Å²) >= 11 is 0. The van der Waals surface area contributed by atoms with E-state index in [2.05, 4.69) is 14.4 Å². The van der Waals surface area contributed by atoms with Crippen LogP contribution < -0.4 is 4.72 Å². The highest BCUT2D eigenvalue weighted by atomic mass is 32.2. The average molecular weight is 327 g/mol. The number of pyridine rings is 1. The first-order chi connectivity index (χ1) is 10.3. The standard InChI is InChI=1S/C14H21N3O4S/c1-10(12-5-6-12)17(2)22(19,20)16-9-11-4-7-13(15-8-11)14(18)21-3/h4,7-8,10,12,16H,5-6,9H2,1-3H3/t10-/m0/s1. The van der Waals surface area contributed by atoms with Crippen LogP contribution in [0.4, 0.5) is 0 Å². The summed E-state index contributed by atoms with van der Waals surface area (Å²) in [6.45, 7) is 2.04.